The van der Waals surface area contributed by atoms with Gasteiger partial charge in [-0.15, -0.1) is 0 Å². The smallest absolute Gasteiger partial charge is 0.340 e. The van der Waals surface area contributed by atoms with Gasteiger partial charge in [0.1, 0.15) is 11.7 Å². The Balaban J connectivity index is 2.18. The summed E-state index contributed by atoms with van der Waals surface area (Å²) in [5.41, 5.74) is 6.95. The average Bonchev–Trinajstić information content (AvgIpc) is 2.50. The molecule has 1 aliphatic rings. The Morgan fingerprint density at radius 1 is 1.35 bits per heavy atom. The van der Waals surface area contributed by atoms with Crippen molar-refractivity contribution < 1.29 is 14.3 Å². The molecule has 4 nitrogen and oxygen atoms in total. The Bertz CT molecular complexity index is 535. The standard InChI is InChI=1S/C16H23NO3/c1-10-7-6-8-11(13(10)17)14(18)19-12-9-15(2,3)20-16(12,4)5/h6-8,12H,9,17H2,1-5H3. The zero-order chi connectivity index (χ0) is 15.1. The van der Waals surface area contributed by atoms with Crippen LogP contribution in [-0.4, -0.2) is 23.3 Å². The van der Waals surface area contributed by atoms with Crippen molar-refractivity contribution in [1.82, 2.24) is 0 Å². The van der Waals surface area contributed by atoms with Crippen molar-refractivity contribution in [3.63, 3.8) is 0 Å². The molecule has 4 heteroatoms. The largest absolute Gasteiger partial charge is 0.456 e. The zero-order valence-corrected chi connectivity index (χ0v) is 12.8. The first-order valence-corrected chi connectivity index (χ1v) is 6.89. The summed E-state index contributed by atoms with van der Waals surface area (Å²) >= 11 is 0. The summed E-state index contributed by atoms with van der Waals surface area (Å²) < 4.78 is 11.6. The zero-order valence-electron chi connectivity index (χ0n) is 12.8. The molecule has 1 unspecified atom stereocenters. The Labute approximate surface area is 120 Å². The maximum atomic E-state index is 12.3. The molecule has 0 bridgehead atoms. The van der Waals surface area contributed by atoms with Crippen LogP contribution in [0.2, 0.25) is 0 Å². The van der Waals surface area contributed by atoms with Gasteiger partial charge in [-0.3, -0.25) is 0 Å². The third kappa shape index (κ3) is 2.80. The molecule has 1 fully saturated rings. The second kappa shape index (κ2) is 4.77. The van der Waals surface area contributed by atoms with Gasteiger partial charge >= 0.3 is 5.97 Å². The number of carbonyl (C=O) groups is 1. The van der Waals surface area contributed by atoms with E-state index in [-0.39, 0.29) is 17.7 Å². The SMILES string of the molecule is Cc1cccc(C(=O)OC2CC(C)(C)OC2(C)C)c1N. The van der Waals surface area contributed by atoms with Crippen LogP contribution in [0.15, 0.2) is 18.2 Å². The van der Waals surface area contributed by atoms with Gasteiger partial charge in [0.05, 0.1) is 11.2 Å². The van der Waals surface area contributed by atoms with E-state index in [9.17, 15) is 4.79 Å². The molecule has 0 aliphatic carbocycles. The van der Waals surface area contributed by atoms with Crippen molar-refractivity contribution in [1.29, 1.82) is 0 Å². The Morgan fingerprint density at radius 2 is 2.00 bits per heavy atom. The highest BCUT2D eigenvalue weighted by molar-refractivity contribution is 5.95. The number of para-hydroxylation sites is 1. The van der Waals surface area contributed by atoms with Crippen LogP contribution in [0.4, 0.5) is 5.69 Å². The lowest BCUT2D eigenvalue weighted by molar-refractivity contribution is -0.0924. The van der Waals surface area contributed by atoms with E-state index >= 15 is 0 Å². The highest BCUT2D eigenvalue weighted by Crippen LogP contribution is 2.39. The van der Waals surface area contributed by atoms with Crippen LogP contribution in [0, 0.1) is 6.92 Å². The lowest BCUT2D eigenvalue weighted by Crippen LogP contribution is -2.36. The lowest BCUT2D eigenvalue weighted by atomic mass is 9.97. The van der Waals surface area contributed by atoms with Crippen molar-refractivity contribution in [2.75, 3.05) is 5.73 Å². The molecule has 0 spiro atoms. The van der Waals surface area contributed by atoms with Crippen LogP contribution in [0.3, 0.4) is 0 Å². The number of anilines is 1. The highest BCUT2D eigenvalue weighted by atomic mass is 16.6. The first-order valence-electron chi connectivity index (χ1n) is 6.89. The van der Waals surface area contributed by atoms with E-state index in [0.717, 1.165) is 5.56 Å². The lowest BCUT2D eigenvalue weighted by Gasteiger charge is -2.27. The van der Waals surface area contributed by atoms with E-state index < -0.39 is 5.60 Å². The van der Waals surface area contributed by atoms with Crippen LogP contribution in [0.25, 0.3) is 0 Å². The van der Waals surface area contributed by atoms with Gasteiger partial charge in [0.2, 0.25) is 0 Å². The number of carbonyl (C=O) groups excluding carboxylic acids is 1. The van der Waals surface area contributed by atoms with E-state index in [1.54, 1.807) is 6.07 Å². The minimum absolute atomic E-state index is 0.273. The van der Waals surface area contributed by atoms with Crippen LogP contribution >= 0.6 is 0 Å². The van der Waals surface area contributed by atoms with Gasteiger partial charge in [0, 0.05) is 12.1 Å². The molecular weight excluding hydrogens is 254 g/mol. The Kier molecular flexibility index (Phi) is 3.54. The fourth-order valence-corrected chi connectivity index (χ4v) is 2.75. The van der Waals surface area contributed by atoms with Crippen molar-refractivity contribution in [3.8, 4) is 0 Å². The Morgan fingerprint density at radius 3 is 2.55 bits per heavy atom. The number of rotatable bonds is 2. The van der Waals surface area contributed by atoms with Gasteiger partial charge in [-0.1, -0.05) is 12.1 Å². The van der Waals surface area contributed by atoms with Gasteiger partial charge in [0.25, 0.3) is 0 Å². The number of hydrogen-bond acceptors (Lipinski definition) is 4. The number of nitrogens with two attached hydrogens (primary N) is 1. The molecule has 1 atom stereocenters. The monoisotopic (exact) mass is 277 g/mol. The molecule has 1 saturated heterocycles. The number of ether oxygens (including phenoxy) is 2. The topological polar surface area (TPSA) is 61.5 Å². The molecule has 0 amide bonds. The maximum Gasteiger partial charge on any atom is 0.340 e. The van der Waals surface area contributed by atoms with Crippen LogP contribution in [0.5, 0.6) is 0 Å². The fourth-order valence-electron chi connectivity index (χ4n) is 2.75. The van der Waals surface area contributed by atoms with E-state index in [4.69, 9.17) is 15.2 Å². The third-order valence-electron chi connectivity index (χ3n) is 3.79. The molecule has 0 saturated carbocycles. The molecule has 1 aromatic carbocycles. The van der Waals surface area contributed by atoms with Gasteiger partial charge < -0.3 is 15.2 Å². The summed E-state index contributed by atoms with van der Waals surface area (Å²) in [4.78, 5) is 12.3. The van der Waals surface area contributed by atoms with Crippen LogP contribution in [-0.2, 0) is 9.47 Å². The van der Waals surface area contributed by atoms with E-state index in [1.807, 2.05) is 46.8 Å². The van der Waals surface area contributed by atoms with Crippen molar-refractivity contribution >= 4 is 11.7 Å². The molecule has 20 heavy (non-hydrogen) atoms. The van der Waals surface area contributed by atoms with Gasteiger partial charge in [0.15, 0.2) is 0 Å². The molecule has 1 aliphatic heterocycles. The molecular formula is C16H23NO3. The number of esters is 1. The van der Waals surface area contributed by atoms with E-state index in [2.05, 4.69) is 0 Å². The molecule has 2 N–H and O–H groups in total. The summed E-state index contributed by atoms with van der Waals surface area (Å²) in [6.45, 7) is 9.77. The normalized spacial score (nSPS) is 23.6. The predicted octanol–water partition coefficient (Wildman–Crippen LogP) is 3.08. The third-order valence-corrected chi connectivity index (χ3v) is 3.79. The predicted molar refractivity (Wildman–Crippen MR) is 78.7 cm³/mol. The molecule has 110 valence electrons. The summed E-state index contributed by atoms with van der Waals surface area (Å²) in [6, 6.07) is 5.37. The second-order valence-electron chi connectivity index (χ2n) is 6.60. The minimum Gasteiger partial charge on any atom is -0.456 e. The summed E-state index contributed by atoms with van der Waals surface area (Å²) in [5, 5.41) is 0. The van der Waals surface area contributed by atoms with Gasteiger partial charge in [-0.05, 0) is 46.2 Å². The average molecular weight is 277 g/mol. The molecule has 0 aromatic heterocycles. The Hall–Kier alpha value is -1.55. The summed E-state index contributed by atoms with van der Waals surface area (Å²) in [6.07, 6.45) is 0.405. The summed E-state index contributed by atoms with van der Waals surface area (Å²) in [7, 11) is 0. The minimum atomic E-state index is -0.488. The van der Waals surface area contributed by atoms with Crippen molar-refractivity contribution in [3.05, 3.63) is 29.3 Å². The van der Waals surface area contributed by atoms with Crippen molar-refractivity contribution in [2.24, 2.45) is 0 Å². The number of benzene rings is 1. The molecule has 2 rings (SSSR count). The summed E-state index contributed by atoms with van der Waals surface area (Å²) in [5.74, 6) is -0.384. The van der Waals surface area contributed by atoms with Crippen LogP contribution < -0.4 is 5.73 Å². The van der Waals surface area contributed by atoms with Crippen molar-refractivity contribution in [2.45, 2.75) is 58.3 Å². The number of nitrogen functional groups attached to an aromatic ring is 1. The first-order chi connectivity index (χ1) is 9.12. The van der Waals surface area contributed by atoms with E-state index in [1.165, 1.54) is 0 Å². The second-order valence-corrected chi connectivity index (χ2v) is 6.60. The first kappa shape index (κ1) is 14.9. The van der Waals surface area contributed by atoms with Crippen LogP contribution in [0.1, 0.15) is 50.0 Å². The van der Waals surface area contributed by atoms with E-state index in [0.29, 0.717) is 17.7 Å². The molecule has 1 heterocycles. The van der Waals surface area contributed by atoms with Gasteiger partial charge in [-0.25, -0.2) is 4.79 Å². The highest BCUT2D eigenvalue weighted by Gasteiger charge is 2.48. The molecule has 0 radical (unpaired) electrons. The quantitative estimate of drug-likeness (QED) is 0.666. The molecule has 1 aromatic rings. The number of hydrogen-bond donors (Lipinski definition) is 1. The number of aryl methyl sites for hydroxylation is 1. The fraction of sp³-hybridized carbons (Fsp3) is 0.562. The maximum absolute atomic E-state index is 12.3. The van der Waals surface area contributed by atoms with Gasteiger partial charge in [-0.2, -0.15) is 0 Å².